The predicted octanol–water partition coefficient (Wildman–Crippen LogP) is 3.99. The highest BCUT2D eigenvalue weighted by molar-refractivity contribution is 9.10. The first-order valence-corrected chi connectivity index (χ1v) is 6.35. The van der Waals surface area contributed by atoms with Crippen LogP contribution in [0.15, 0.2) is 28.7 Å². The van der Waals surface area contributed by atoms with Gasteiger partial charge in [-0.1, -0.05) is 15.9 Å². The van der Waals surface area contributed by atoms with Crippen LogP contribution in [0.25, 0.3) is 22.4 Å². The second-order valence-corrected chi connectivity index (χ2v) is 5.12. The second kappa shape index (κ2) is 4.52. The van der Waals surface area contributed by atoms with Gasteiger partial charge in [-0.15, -0.1) is 0 Å². The normalized spacial score (nSPS) is 11.2. The number of fused-ring (bicyclic) bond motifs is 1. The third-order valence-electron chi connectivity index (χ3n) is 2.87. The van der Waals surface area contributed by atoms with Crippen molar-refractivity contribution in [3.63, 3.8) is 0 Å². The highest BCUT2D eigenvalue weighted by atomic mass is 79.9. The van der Waals surface area contributed by atoms with E-state index in [-0.39, 0.29) is 11.4 Å². The van der Waals surface area contributed by atoms with Crippen molar-refractivity contribution in [2.75, 3.05) is 5.73 Å². The van der Waals surface area contributed by atoms with E-state index in [9.17, 15) is 13.2 Å². The molecule has 2 aromatic carbocycles. The van der Waals surface area contributed by atoms with E-state index in [1.165, 1.54) is 0 Å². The van der Waals surface area contributed by atoms with Gasteiger partial charge in [0.1, 0.15) is 11.3 Å². The maximum atomic E-state index is 13.7. The zero-order valence-electron chi connectivity index (χ0n) is 9.85. The van der Waals surface area contributed by atoms with Gasteiger partial charge in [-0.05, 0) is 24.3 Å². The van der Waals surface area contributed by atoms with E-state index in [1.807, 2.05) is 0 Å². The largest absolute Gasteiger partial charge is 0.397 e. The molecule has 20 heavy (non-hydrogen) atoms. The number of aromatic nitrogens is 2. The summed E-state index contributed by atoms with van der Waals surface area (Å²) in [4.78, 5) is 6.96. The zero-order valence-corrected chi connectivity index (χ0v) is 11.4. The minimum absolute atomic E-state index is 0.0844. The van der Waals surface area contributed by atoms with Crippen molar-refractivity contribution in [1.29, 1.82) is 0 Å². The Morgan fingerprint density at radius 3 is 2.60 bits per heavy atom. The lowest BCUT2D eigenvalue weighted by atomic mass is 10.2. The molecule has 0 fully saturated rings. The van der Waals surface area contributed by atoms with Crippen molar-refractivity contribution >= 4 is 32.7 Å². The quantitative estimate of drug-likeness (QED) is 0.519. The van der Waals surface area contributed by atoms with E-state index in [1.54, 1.807) is 12.1 Å². The molecule has 102 valence electrons. The van der Waals surface area contributed by atoms with Crippen LogP contribution < -0.4 is 5.73 Å². The molecule has 3 rings (SSSR count). The lowest BCUT2D eigenvalue weighted by Gasteiger charge is -2.00. The number of rotatable bonds is 1. The summed E-state index contributed by atoms with van der Waals surface area (Å²) in [6, 6.07) is 5.32. The molecule has 7 heteroatoms. The maximum absolute atomic E-state index is 13.7. The molecule has 0 bridgehead atoms. The molecule has 0 atom stereocenters. The third-order valence-corrected chi connectivity index (χ3v) is 3.33. The number of H-pyrrole nitrogens is 1. The Hall–Kier alpha value is -2.02. The standard InChI is InChI=1S/C13H7BrF3N3/c14-5-3-8(18)12-9(4-5)19-13(20-12)6-1-2-7(15)11(17)10(6)16/h1-4H,18H2,(H,19,20). The highest BCUT2D eigenvalue weighted by Gasteiger charge is 2.17. The van der Waals surface area contributed by atoms with E-state index in [0.29, 0.717) is 16.7 Å². The van der Waals surface area contributed by atoms with E-state index in [2.05, 4.69) is 25.9 Å². The van der Waals surface area contributed by atoms with Gasteiger partial charge in [0, 0.05) is 4.47 Å². The second-order valence-electron chi connectivity index (χ2n) is 4.20. The summed E-state index contributed by atoms with van der Waals surface area (Å²) in [6.07, 6.45) is 0. The van der Waals surface area contributed by atoms with Crippen LogP contribution in [0.1, 0.15) is 0 Å². The SMILES string of the molecule is Nc1cc(Br)cc2[nH]c(-c3ccc(F)c(F)c3F)nc12. The molecule has 3 aromatic rings. The number of nitrogens with two attached hydrogens (primary N) is 1. The number of halogens is 4. The average Bonchev–Trinajstić information content (AvgIpc) is 2.80. The number of nitrogens with zero attached hydrogens (tertiary/aromatic N) is 1. The summed E-state index contributed by atoms with van der Waals surface area (Å²) in [5, 5.41) is 0. The Labute approximate surface area is 119 Å². The minimum atomic E-state index is -1.53. The highest BCUT2D eigenvalue weighted by Crippen LogP contribution is 2.29. The number of aromatic amines is 1. The summed E-state index contributed by atoms with van der Waals surface area (Å²) in [6.45, 7) is 0. The summed E-state index contributed by atoms with van der Waals surface area (Å²) in [7, 11) is 0. The molecule has 0 aliphatic heterocycles. The summed E-state index contributed by atoms with van der Waals surface area (Å²) >= 11 is 3.27. The first-order valence-electron chi connectivity index (χ1n) is 5.56. The fraction of sp³-hybridized carbons (Fsp3) is 0. The lowest BCUT2D eigenvalue weighted by molar-refractivity contribution is 0.448. The van der Waals surface area contributed by atoms with Crippen molar-refractivity contribution in [1.82, 2.24) is 9.97 Å². The Morgan fingerprint density at radius 2 is 1.85 bits per heavy atom. The average molecular weight is 342 g/mol. The molecule has 0 aliphatic rings. The number of hydrogen-bond donors (Lipinski definition) is 2. The smallest absolute Gasteiger partial charge is 0.195 e. The van der Waals surface area contributed by atoms with E-state index < -0.39 is 17.5 Å². The Bertz CT molecular complexity index is 829. The summed E-state index contributed by atoms with van der Waals surface area (Å²) in [5.74, 6) is -3.98. The molecule has 0 amide bonds. The van der Waals surface area contributed by atoms with E-state index in [0.717, 1.165) is 16.6 Å². The van der Waals surface area contributed by atoms with Crippen LogP contribution >= 0.6 is 15.9 Å². The molecule has 0 aliphatic carbocycles. The zero-order chi connectivity index (χ0) is 14.4. The molecular formula is C13H7BrF3N3. The molecule has 0 spiro atoms. The van der Waals surface area contributed by atoms with Crippen LogP contribution in [0, 0.1) is 17.5 Å². The molecule has 0 radical (unpaired) electrons. The monoisotopic (exact) mass is 341 g/mol. The predicted molar refractivity (Wildman–Crippen MR) is 73.5 cm³/mol. The van der Waals surface area contributed by atoms with Crippen LogP contribution in [0.2, 0.25) is 0 Å². The van der Waals surface area contributed by atoms with Gasteiger partial charge >= 0.3 is 0 Å². The Kier molecular flexibility index (Phi) is 2.93. The van der Waals surface area contributed by atoms with Gasteiger partial charge in [-0.25, -0.2) is 18.2 Å². The Morgan fingerprint density at radius 1 is 1.10 bits per heavy atom. The fourth-order valence-corrected chi connectivity index (χ4v) is 2.42. The number of imidazole rings is 1. The van der Waals surface area contributed by atoms with Gasteiger partial charge in [-0.2, -0.15) is 0 Å². The summed E-state index contributed by atoms with van der Waals surface area (Å²) in [5.41, 5.74) is 7.04. The van der Waals surface area contributed by atoms with Crippen LogP contribution in [-0.4, -0.2) is 9.97 Å². The van der Waals surface area contributed by atoms with Crippen molar-refractivity contribution in [3.05, 3.63) is 46.2 Å². The number of nitrogen functional groups attached to an aromatic ring is 1. The van der Waals surface area contributed by atoms with Gasteiger partial charge in [0.25, 0.3) is 0 Å². The summed E-state index contributed by atoms with van der Waals surface area (Å²) < 4.78 is 40.6. The molecule has 3 N–H and O–H groups in total. The van der Waals surface area contributed by atoms with E-state index >= 15 is 0 Å². The maximum Gasteiger partial charge on any atom is 0.195 e. The van der Waals surface area contributed by atoms with Crippen molar-refractivity contribution in [2.24, 2.45) is 0 Å². The fourth-order valence-electron chi connectivity index (χ4n) is 1.94. The third kappa shape index (κ3) is 1.94. The molecule has 3 nitrogen and oxygen atoms in total. The molecule has 0 saturated heterocycles. The lowest BCUT2D eigenvalue weighted by Crippen LogP contribution is -1.94. The van der Waals surface area contributed by atoms with E-state index in [4.69, 9.17) is 5.73 Å². The van der Waals surface area contributed by atoms with Gasteiger partial charge in [0.15, 0.2) is 17.5 Å². The van der Waals surface area contributed by atoms with Crippen molar-refractivity contribution in [3.8, 4) is 11.4 Å². The van der Waals surface area contributed by atoms with Crippen LogP contribution in [0.3, 0.4) is 0 Å². The molecule has 0 unspecified atom stereocenters. The van der Waals surface area contributed by atoms with Gasteiger partial charge in [0.05, 0.1) is 16.8 Å². The minimum Gasteiger partial charge on any atom is -0.397 e. The van der Waals surface area contributed by atoms with Crippen LogP contribution in [0.4, 0.5) is 18.9 Å². The number of hydrogen-bond acceptors (Lipinski definition) is 2. The topological polar surface area (TPSA) is 54.7 Å². The molecular weight excluding hydrogens is 335 g/mol. The Balaban J connectivity index is 2.26. The van der Waals surface area contributed by atoms with Gasteiger partial charge in [0.2, 0.25) is 0 Å². The molecule has 1 heterocycles. The van der Waals surface area contributed by atoms with Crippen molar-refractivity contribution < 1.29 is 13.2 Å². The number of anilines is 1. The van der Waals surface area contributed by atoms with Gasteiger partial charge < -0.3 is 10.7 Å². The van der Waals surface area contributed by atoms with Crippen LogP contribution in [-0.2, 0) is 0 Å². The van der Waals surface area contributed by atoms with Crippen molar-refractivity contribution in [2.45, 2.75) is 0 Å². The van der Waals surface area contributed by atoms with Gasteiger partial charge in [-0.3, -0.25) is 0 Å². The molecule has 0 saturated carbocycles. The number of nitrogens with one attached hydrogen (secondary N) is 1. The number of benzene rings is 2. The first kappa shape index (κ1) is 13.0. The molecule has 1 aromatic heterocycles. The van der Waals surface area contributed by atoms with Crippen LogP contribution in [0.5, 0.6) is 0 Å². The first-order chi connectivity index (χ1) is 9.47.